The molecule has 2 N–H and O–H groups in total. The van der Waals surface area contributed by atoms with Crippen LogP contribution in [0.2, 0.25) is 0 Å². The van der Waals surface area contributed by atoms with E-state index in [2.05, 4.69) is 46.8 Å². The maximum Gasteiger partial charge on any atom is 0.146 e. The first kappa shape index (κ1) is 19.3. The quantitative estimate of drug-likeness (QED) is 0.614. The van der Waals surface area contributed by atoms with Crippen molar-refractivity contribution in [3.63, 3.8) is 0 Å². The largest absolute Gasteiger partial charge is 0.394 e. The summed E-state index contributed by atoms with van der Waals surface area (Å²) in [5.41, 5.74) is 2.32. The van der Waals surface area contributed by atoms with Gasteiger partial charge >= 0.3 is 0 Å². The fourth-order valence-corrected chi connectivity index (χ4v) is 4.74. The topological polar surface area (TPSA) is 61.3 Å². The van der Waals surface area contributed by atoms with Crippen LogP contribution in [0.15, 0.2) is 35.7 Å². The molecule has 1 fully saturated rings. The molecule has 3 heterocycles. The minimum atomic E-state index is -0.00976. The molecule has 4 rings (SSSR count). The molecule has 5 nitrogen and oxygen atoms in total. The Bertz CT molecular complexity index is 902. The van der Waals surface area contributed by atoms with Crippen LogP contribution >= 0.6 is 11.3 Å². The van der Waals surface area contributed by atoms with Gasteiger partial charge in [-0.05, 0) is 37.9 Å². The second-order valence-electron chi connectivity index (χ2n) is 7.45. The van der Waals surface area contributed by atoms with Crippen LogP contribution < -0.4 is 5.32 Å². The van der Waals surface area contributed by atoms with Crippen molar-refractivity contribution in [3.05, 3.63) is 41.5 Å². The maximum absolute atomic E-state index is 9.72. The van der Waals surface area contributed by atoms with Crippen molar-refractivity contribution in [3.8, 4) is 11.1 Å². The summed E-state index contributed by atoms with van der Waals surface area (Å²) in [7, 11) is 0. The second kappa shape index (κ2) is 8.99. The number of fused-ring (bicyclic) bond motifs is 1. The van der Waals surface area contributed by atoms with Gasteiger partial charge in [0.1, 0.15) is 16.5 Å². The molecule has 0 aliphatic carbocycles. The third-order valence-corrected chi connectivity index (χ3v) is 6.30. The highest BCUT2D eigenvalue weighted by Crippen LogP contribution is 2.37. The van der Waals surface area contributed by atoms with Gasteiger partial charge in [0, 0.05) is 10.9 Å². The number of aliphatic hydroxyl groups excluding tert-OH is 1. The highest BCUT2D eigenvalue weighted by molar-refractivity contribution is 7.17. The number of likely N-dealkylation sites (tertiary alicyclic amines) is 1. The second-order valence-corrected chi connectivity index (χ2v) is 8.31. The number of nitrogens with zero attached hydrogens (tertiary/aromatic N) is 3. The molecule has 2 aromatic heterocycles. The Morgan fingerprint density at radius 2 is 1.93 bits per heavy atom. The molecule has 0 radical (unpaired) electrons. The lowest BCUT2D eigenvalue weighted by atomic mass is 10.1. The highest BCUT2D eigenvalue weighted by atomic mass is 32.1. The summed E-state index contributed by atoms with van der Waals surface area (Å²) >= 11 is 1.67. The van der Waals surface area contributed by atoms with E-state index in [1.165, 1.54) is 24.8 Å². The zero-order chi connectivity index (χ0) is 19.3. The summed E-state index contributed by atoms with van der Waals surface area (Å²) in [6.45, 7) is 5.20. The van der Waals surface area contributed by atoms with Gasteiger partial charge in [-0.1, -0.05) is 43.7 Å². The van der Waals surface area contributed by atoms with Gasteiger partial charge in [0.15, 0.2) is 0 Å². The molecule has 1 aromatic carbocycles. The van der Waals surface area contributed by atoms with Crippen LogP contribution in [-0.4, -0.2) is 45.7 Å². The first-order valence-electron chi connectivity index (χ1n) is 10.2. The van der Waals surface area contributed by atoms with E-state index in [4.69, 9.17) is 9.97 Å². The number of aromatic nitrogens is 2. The van der Waals surface area contributed by atoms with Crippen molar-refractivity contribution >= 4 is 27.4 Å². The summed E-state index contributed by atoms with van der Waals surface area (Å²) < 4.78 is 0. The standard InChI is InChI=1S/C22H28N4OS/c1-2-17(14-27)23-21-20-18(16-9-5-3-6-10-16)15-28-22(20)25-19(24-21)13-26-11-7-4-8-12-26/h3,5-6,9-10,15,17,27H,2,4,7-8,11-14H2,1H3,(H,23,24,25)/t17-/m1/s1. The Balaban J connectivity index is 1.75. The van der Waals surface area contributed by atoms with Crippen LogP contribution in [0, 0.1) is 0 Å². The van der Waals surface area contributed by atoms with Crippen LogP contribution in [-0.2, 0) is 6.54 Å². The third-order valence-electron chi connectivity index (χ3n) is 5.43. The van der Waals surface area contributed by atoms with Gasteiger partial charge in [-0.15, -0.1) is 11.3 Å². The number of thiophene rings is 1. The first-order valence-corrected chi connectivity index (χ1v) is 11.1. The number of rotatable bonds is 7. The minimum absolute atomic E-state index is 0.00976. The summed E-state index contributed by atoms with van der Waals surface area (Å²) in [5.74, 6) is 1.71. The summed E-state index contributed by atoms with van der Waals surface area (Å²) in [5, 5.41) is 16.4. The smallest absolute Gasteiger partial charge is 0.146 e. The van der Waals surface area contributed by atoms with Crippen molar-refractivity contribution in [2.45, 2.75) is 45.2 Å². The van der Waals surface area contributed by atoms with Gasteiger partial charge in [-0.2, -0.15) is 0 Å². The molecular weight excluding hydrogens is 368 g/mol. The Morgan fingerprint density at radius 1 is 1.14 bits per heavy atom. The van der Waals surface area contributed by atoms with Crippen LogP contribution in [0.4, 0.5) is 5.82 Å². The number of piperidine rings is 1. The Morgan fingerprint density at radius 3 is 2.64 bits per heavy atom. The average Bonchev–Trinajstić information content (AvgIpc) is 3.17. The number of hydrogen-bond acceptors (Lipinski definition) is 6. The Hall–Kier alpha value is -2.02. The number of aliphatic hydroxyl groups is 1. The summed E-state index contributed by atoms with van der Waals surface area (Å²) in [6.07, 6.45) is 4.68. The van der Waals surface area contributed by atoms with E-state index in [-0.39, 0.29) is 12.6 Å². The number of nitrogens with one attached hydrogen (secondary N) is 1. The molecule has 28 heavy (non-hydrogen) atoms. The van der Waals surface area contributed by atoms with E-state index in [0.29, 0.717) is 0 Å². The van der Waals surface area contributed by atoms with Gasteiger partial charge in [-0.25, -0.2) is 9.97 Å². The van der Waals surface area contributed by atoms with E-state index in [9.17, 15) is 5.11 Å². The molecule has 0 unspecified atom stereocenters. The molecular formula is C22H28N4OS. The molecule has 0 amide bonds. The van der Waals surface area contributed by atoms with E-state index in [0.717, 1.165) is 53.5 Å². The number of anilines is 1. The van der Waals surface area contributed by atoms with Gasteiger partial charge in [0.05, 0.1) is 24.6 Å². The minimum Gasteiger partial charge on any atom is -0.394 e. The van der Waals surface area contributed by atoms with Crippen molar-refractivity contribution in [2.75, 3.05) is 25.0 Å². The van der Waals surface area contributed by atoms with Gasteiger partial charge in [0.25, 0.3) is 0 Å². The summed E-state index contributed by atoms with van der Waals surface area (Å²) in [4.78, 5) is 13.3. The number of benzene rings is 1. The van der Waals surface area contributed by atoms with Crippen LogP contribution in [0.5, 0.6) is 0 Å². The summed E-state index contributed by atoms with van der Waals surface area (Å²) in [6, 6.07) is 10.4. The zero-order valence-corrected chi connectivity index (χ0v) is 17.2. The molecule has 1 atom stereocenters. The van der Waals surface area contributed by atoms with E-state index < -0.39 is 0 Å². The van der Waals surface area contributed by atoms with Crippen LogP contribution in [0.25, 0.3) is 21.3 Å². The lowest BCUT2D eigenvalue weighted by Gasteiger charge is -2.26. The molecule has 6 heteroatoms. The molecule has 148 valence electrons. The third kappa shape index (κ3) is 4.19. The van der Waals surface area contributed by atoms with Crippen molar-refractivity contribution < 1.29 is 5.11 Å². The normalized spacial score (nSPS) is 16.4. The molecule has 3 aromatic rings. The monoisotopic (exact) mass is 396 g/mol. The Labute approximate surface area is 170 Å². The first-order chi connectivity index (χ1) is 13.8. The SMILES string of the molecule is CC[C@H](CO)Nc1nc(CN2CCCCC2)nc2scc(-c3ccccc3)c12. The van der Waals surface area contributed by atoms with Crippen molar-refractivity contribution in [1.29, 1.82) is 0 Å². The van der Waals surface area contributed by atoms with E-state index in [1.54, 1.807) is 11.3 Å². The molecule has 0 bridgehead atoms. The molecule has 0 spiro atoms. The van der Waals surface area contributed by atoms with Gasteiger partial charge in [-0.3, -0.25) is 4.90 Å². The highest BCUT2D eigenvalue weighted by Gasteiger charge is 2.19. The van der Waals surface area contributed by atoms with Gasteiger partial charge in [0.2, 0.25) is 0 Å². The number of hydrogen-bond donors (Lipinski definition) is 2. The molecule has 1 saturated heterocycles. The molecule has 0 saturated carbocycles. The fraction of sp³-hybridized carbons (Fsp3) is 0.455. The zero-order valence-electron chi connectivity index (χ0n) is 16.4. The van der Waals surface area contributed by atoms with Crippen molar-refractivity contribution in [2.24, 2.45) is 0 Å². The van der Waals surface area contributed by atoms with E-state index in [1.807, 2.05) is 6.07 Å². The van der Waals surface area contributed by atoms with Crippen LogP contribution in [0.3, 0.4) is 0 Å². The van der Waals surface area contributed by atoms with Crippen molar-refractivity contribution in [1.82, 2.24) is 14.9 Å². The predicted molar refractivity (Wildman–Crippen MR) is 117 cm³/mol. The lowest BCUT2D eigenvalue weighted by Crippen LogP contribution is -2.30. The predicted octanol–water partition coefficient (Wildman–Crippen LogP) is 4.53. The van der Waals surface area contributed by atoms with Crippen LogP contribution in [0.1, 0.15) is 38.4 Å². The Kier molecular flexibility index (Phi) is 6.20. The van der Waals surface area contributed by atoms with Gasteiger partial charge < -0.3 is 10.4 Å². The maximum atomic E-state index is 9.72. The fourth-order valence-electron chi connectivity index (χ4n) is 3.78. The molecule has 1 aliphatic rings. The molecule has 1 aliphatic heterocycles. The van der Waals surface area contributed by atoms with E-state index >= 15 is 0 Å². The lowest BCUT2D eigenvalue weighted by molar-refractivity contribution is 0.216. The average molecular weight is 397 g/mol.